The molecular weight excluding hydrogens is 288 g/mol. The largest absolute Gasteiger partial charge is 0.356 e. The lowest BCUT2D eigenvalue weighted by atomic mass is 10.0. The summed E-state index contributed by atoms with van der Waals surface area (Å²) in [4.78, 5) is 26.6. The van der Waals surface area contributed by atoms with E-state index in [0.717, 1.165) is 18.5 Å². The van der Waals surface area contributed by atoms with Crippen LogP contribution in [0.4, 0.5) is 5.69 Å². The van der Waals surface area contributed by atoms with Gasteiger partial charge in [-0.2, -0.15) is 0 Å². The monoisotopic (exact) mass is 316 g/mol. The lowest BCUT2D eigenvalue weighted by molar-refractivity contribution is -0.126. The minimum Gasteiger partial charge on any atom is -0.356 e. The fourth-order valence-corrected chi connectivity index (χ4v) is 3.11. The van der Waals surface area contributed by atoms with Crippen molar-refractivity contribution in [2.24, 2.45) is 11.8 Å². The molecule has 0 spiro atoms. The molecule has 1 aliphatic rings. The molecule has 4 nitrogen and oxygen atoms in total. The Morgan fingerprint density at radius 2 is 1.87 bits per heavy atom. The number of carbonyl (C=O) groups is 2. The predicted molar refractivity (Wildman–Crippen MR) is 93.5 cm³/mol. The topological polar surface area (TPSA) is 49.4 Å². The lowest BCUT2D eigenvalue weighted by Gasteiger charge is -2.23. The number of nitrogens with zero attached hydrogens (tertiary/aromatic N) is 1. The van der Waals surface area contributed by atoms with Crippen molar-refractivity contribution < 1.29 is 9.59 Å². The highest BCUT2D eigenvalue weighted by Gasteiger charge is 2.36. The van der Waals surface area contributed by atoms with Crippen molar-refractivity contribution in [3.63, 3.8) is 0 Å². The van der Waals surface area contributed by atoms with Crippen LogP contribution < -0.4 is 10.2 Å². The zero-order chi connectivity index (χ0) is 17.0. The summed E-state index contributed by atoms with van der Waals surface area (Å²) >= 11 is 0. The number of nitrogens with one attached hydrogen (secondary N) is 1. The minimum absolute atomic E-state index is 0.00146. The Hall–Kier alpha value is -1.84. The van der Waals surface area contributed by atoms with Crippen LogP contribution >= 0.6 is 0 Å². The van der Waals surface area contributed by atoms with Crippen molar-refractivity contribution >= 4 is 17.5 Å². The molecule has 1 heterocycles. The van der Waals surface area contributed by atoms with E-state index < -0.39 is 0 Å². The number of rotatable bonds is 6. The first-order valence-corrected chi connectivity index (χ1v) is 8.66. The van der Waals surface area contributed by atoms with Crippen molar-refractivity contribution in [3.05, 3.63) is 29.3 Å². The van der Waals surface area contributed by atoms with Gasteiger partial charge in [-0.15, -0.1) is 0 Å². The summed E-state index contributed by atoms with van der Waals surface area (Å²) in [5, 5.41) is 2.96. The number of hydrogen-bond acceptors (Lipinski definition) is 2. The van der Waals surface area contributed by atoms with Gasteiger partial charge in [0.25, 0.3) is 0 Å². The second-order valence-electron chi connectivity index (χ2n) is 6.68. The Morgan fingerprint density at radius 1 is 1.26 bits per heavy atom. The molecule has 0 radical (unpaired) electrons. The zero-order valence-corrected chi connectivity index (χ0v) is 14.7. The first kappa shape index (κ1) is 17.5. The molecule has 0 aliphatic carbocycles. The maximum absolute atomic E-state index is 12.5. The summed E-state index contributed by atoms with van der Waals surface area (Å²) in [7, 11) is 0. The number of hydrogen-bond donors (Lipinski definition) is 1. The highest BCUT2D eigenvalue weighted by atomic mass is 16.2. The van der Waals surface area contributed by atoms with E-state index in [1.54, 1.807) is 0 Å². The molecule has 0 bridgehead atoms. The summed E-state index contributed by atoms with van der Waals surface area (Å²) in [6.45, 7) is 9.49. The van der Waals surface area contributed by atoms with E-state index >= 15 is 0 Å². The van der Waals surface area contributed by atoms with Crippen molar-refractivity contribution in [2.45, 2.75) is 47.0 Å². The molecule has 1 aromatic carbocycles. The Labute approximate surface area is 139 Å². The lowest BCUT2D eigenvalue weighted by Crippen LogP contribution is -2.35. The number of aryl methyl sites for hydroxylation is 2. The van der Waals surface area contributed by atoms with Gasteiger partial charge in [0.1, 0.15) is 0 Å². The molecule has 1 atom stereocenters. The standard InChI is InChI=1S/C19H28N2O2/c1-5-14-8-7-9-15(6-2)18(14)21-12-16(10-17(21)22)19(23)20-11-13(3)4/h7-9,13,16H,5-6,10-12H2,1-4H3,(H,20,23). The number of benzene rings is 1. The van der Waals surface area contributed by atoms with Crippen molar-refractivity contribution in [1.29, 1.82) is 0 Å². The van der Waals surface area contributed by atoms with Gasteiger partial charge in [0, 0.05) is 25.2 Å². The Balaban J connectivity index is 2.19. The quantitative estimate of drug-likeness (QED) is 0.877. The fraction of sp³-hybridized carbons (Fsp3) is 0.579. The van der Waals surface area contributed by atoms with Gasteiger partial charge < -0.3 is 10.2 Å². The summed E-state index contributed by atoms with van der Waals surface area (Å²) in [5.41, 5.74) is 3.39. The smallest absolute Gasteiger partial charge is 0.227 e. The number of anilines is 1. The molecule has 1 fully saturated rings. The highest BCUT2D eigenvalue weighted by Crippen LogP contribution is 2.32. The van der Waals surface area contributed by atoms with E-state index in [-0.39, 0.29) is 17.7 Å². The summed E-state index contributed by atoms with van der Waals surface area (Å²) in [6.07, 6.45) is 2.08. The van der Waals surface area contributed by atoms with E-state index in [1.165, 1.54) is 11.1 Å². The Bertz CT molecular complexity index is 558. The van der Waals surface area contributed by atoms with Gasteiger partial charge in [0.2, 0.25) is 11.8 Å². The molecule has 23 heavy (non-hydrogen) atoms. The van der Waals surface area contributed by atoms with Gasteiger partial charge in [-0.05, 0) is 29.9 Å². The first-order chi connectivity index (χ1) is 11.0. The van der Waals surface area contributed by atoms with Crippen LogP contribution in [-0.4, -0.2) is 24.9 Å². The highest BCUT2D eigenvalue weighted by molar-refractivity contribution is 6.01. The van der Waals surface area contributed by atoms with Crippen molar-refractivity contribution in [1.82, 2.24) is 5.32 Å². The second-order valence-corrected chi connectivity index (χ2v) is 6.68. The molecular formula is C19H28N2O2. The van der Waals surface area contributed by atoms with E-state index in [2.05, 4.69) is 51.2 Å². The average Bonchev–Trinajstić information content (AvgIpc) is 2.93. The molecule has 2 rings (SSSR count). The van der Waals surface area contributed by atoms with Crippen LogP contribution in [0, 0.1) is 11.8 Å². The van der Waals surface area contributed by atoms with Crippen LogP contribution in [0.5, 0.6) is 0 Å². The van der Waals surface area contributed by atoms with E-state index in [1.807, 2.05) is 4.90 Å². The maximum atomic E-state index is 12.5. The third kappa shape index (κ3) is 3.92. The van der Waals surface area contributed by atoms with Crippen LogP contribution in [0.2, 0.25) is 0 Å². The number of carbonyl (C=O) groups excluding carboxylic acids is 2. The number of amides is 2. The Kier molecular flexibility index (Phi) is 5.80. The molecule has 1 saturated heterocycles. The van der Waals surface area contributed by atoms with Crippen LogP contribution in [0.15, 0.2) is 18.2 Å². The van der Waals surface area contributed by atoms with Gasteiger partial charge in [-0.1, -0.05) is 45.9 Å². The van der Waals surface area contributed by atoms with E-state index in [9.17, 15) is 9.59 Å². The molecule has 0 saturated carbocycles. The average molecular weight is 316 g/mol. The predicted octanol–water partition coefficient (Wildman–Crippen LogP) is 2.94. The normalized spacial score (nSPS) is 17.9. The third-order valence-electron chi connectivity index (χ3n) is 4.42. The molecule has 126 valence electrons. The van der Waals surface area contributed by atoms with Gasteiger partial charge in [0.05, 0.1) is 5.92 Å². The summed E-state index contributed by atoms with van der Waals surface area (Å²) in [6, 6.07) is 6.20. The van der Waals surface area contributed by atoms with Crippen molar-refractivity contribution in [2.75, 3.05) is 18.0 Å². The molecule has 2 amide bonds. The zero-order valence-electron chi connectivity index (χ0n) is 14.7. The Morgan fingerprint density at radius 3 is 2.39 bits per heavy atom. The second kappa shape index (κ2) is 7.62. The van der Waals surface area contributed by atoms with Gasteiger partial charge >= 0.3 is 0 Å². The molecule has 1 unspecified atom stereocenters. The summed E-state index contributed by atoms with van der Waals surface area (Å²) in [5.74, 6) is 0.238. The van der Waals surface area contributed by atoms with Crippen LogP contribution in [-0.2, 0) is 22.4 Å². The fourth-order valence-electron chi connectivity index (χ4n) is 3.11. The summed E-state index contributed by atoms with van der Waals surface area (Å²) < 4.78 is 0. The van der Waals surface area contributed by atoms with E-state index in [0.29, 0.717) is 25.4 Å². The third-order valence-corrected chi connectivity index (χ3v) is 4.42. The minimum atomic E-state index is -0.240. The first-order valence-electron chi connectivity index (χ1n) is 8.66. The maximum Gasteiger partial charge on any atom is 0.227 e. The van der Waals surface area contributed by atoms with Crippen LogP contribution in [0.3, 0.4) is 0 Å². The molecule has 4 heteroatoms. The van der Waals surface area contributed by atoms with Crippen molar-refractivity contribution in [3.8, 4) is 0 Å². The van der Waals surface area contributed by atoms with Gasteiger partial charge in [-0.3, -0.25) is 9.59 Å². The molecule has 0 aromatic heterocycles. The molecule has 1 N–H and O–H groups in total. The van der Waals surface area contributed by atoms with Gasteiger partial charge in [-0.25, -0.2) is 0 Å². The van der Waals surface area contributed by atoms with E-state index in [4.69, 9.17) is 0 Å². The molecule has 1 aromatic rings. The SMILES string of the molecule is CCc1cccc(CC)c1N1CC(C(=O)NCC(C)C)CC1=O. The van der Waals surface area contributed by atoms with Crippen LogP contribution in [0.1, 0.15) is 45.2 Å². The van der Waals surface area contributed by atoms with Crippen LogP contribution in [0.25, 0.3) is 0 Å². The number of para-hydroxylation sites is 1. The van der Waals surface area contributed by atoms with Gasteiger partial charge in [0.15, 0.2) is 0 Å². The molecule has 1 aliphatic heterocycles.